The SMILES string of the molecule is Cc1cc2c(-c3ccccc3)cccc2[cH-]1.Cc1cc2c(-c3ccccc3)cccc2[cH-]1.[CH3-].[CH3-].[Hf+4]. The summed E-state index contributed by atoms with van der Waals surface area (Å²) < 4.78 is 0. The monoisotopic (exact) mass is 620 g/mol. The average Bonchev–Trinajstić information content (AvgIpc) is 3.41. The first-order chi connectivity index (χ1) is 15.7. The second kappa shape index (κ2) is 12.6. The average molecular weight is 619 g/mol. The summed E-state index contributed by atoms with van der Waals surface area (Å²) in [5, 5.41) is 5.37. The molecule has 1 heteroatoms. The molecule has 0 aliphatic carbocycles. The van der Waals surface area contributed by atoms with E-state index in [2.05, 4.69) is 135 Å². The molecule has 0 radical (unpaired) electrons. The van der Waals surface area contributed by atoms with Gasteiger partial charge in [0.25, 0.3) is 0 Å². The zero-order chi connectivity index (χ0) is 21.9. The van der Waals surface area contributed by atoms with Crippen molar-refractivity contribution in [2.75, 3.05) is 0 Å². The molecule has 0 amide bonds. The fourth-order valence-electron chi connectivity index (χ4n) is 4.51. The third-order valence-corrected chi connectivity index (χ3v) is 5.96. The molecule has 0 atom stereocenters. The first-order valence-electron chi connectivity index (χ1n) is 11.1. The maximum absolute atomic E-state index is 2.26. The van der Waals surface area contributed by atoms with Gasteiger partial charge in [-0.2, -0.15) is 12.1 Å². The van der Waals surface area contributed by atoms with Gasteiger partial charge in [0.2, 0.25) is 0 Å². The standard InChI is InChI=1S/2C16H13.2CH3.Hf/c2*1-12-10-14-8-5-9-15(16(14)11-12)13-6-3-2-4-7-13;;;/h2*2-11H,1H3;2*1H3;/q4*-1;+4. The van der Waals surface area contributed by atoms with E-state index >= 15 is 0 Å². The number of benzene rings is 4. The van der Waals surface area contributed by atoms with Crippen molar-refractivity contribution < 1.29 is 25.8 Å². The third kappa shape index (κ3) is 6.16. The normalized spacial score (nSPS) is 9.89. The van der Waals surface area contributed by atoms with Crippen molar-refractivity contribution in [1.82, 2.24) is 0 Å². The molecule has 6 aromatic carbocycles. The van der Waals surface area contributed by atoms with Crippen LogP contribution in [0.1, 0.15) is 11.1 Å². The van der Waals surface area contributed by atoms with Crippen LogP contribution in [0.15, 0.2) is 121 Å². The van der Waals surface area contributed by atoms with E-state index in [4.69, 9.17) is 0 Å². The van der Waals surface area contributed by atoms with Crippen LogP contribution in [0.5, 0.6) is 0 Å². The van der Waals surface area contributed by atoms with Gasteiger partial charge in [-0.15, -0.1) is 69.1 Å². The van der Waals surface area contributed by atoms with Gasteiger partial charge in [-0.1, -0.05) is 97.8 Å². The maximum atomic E-state index is 2.26. The Morgan fingerprint density at radius 3 is 1.20 bits per heavy atom. The molecule has 172 valence electrons. The quantitative estimate of drug-likeness (QED) is 0.134. The Balaban J connectivity index is 0.000000227. The number of fused-ring (bicyclic) bond motifs is 2. The summed E-state index contributed by atoms with van der Waals surface area (Å²) in [5.74, 6) is 0. The molecule has 6 rings (SSSR count). The van der Waals surface area contributed by atoms with Crippen molar-refractivity contribution in [3.63, 3.8) is 0 Å². The fraction of sp³-hybridized carbons (Fsp3) is 0.0588. The molecule has 0 heterocycles. The Bertz CT molecular complexity index is 1350. The van der Waals surface area contributed by atoms with Crippen LogP contribution in [-0.4, -0.2) is 0 Å². The predicted molar refractivity (Wildman–Crippen MR) is 152 cm³/mol. The molecule has 0 aliphatic heterocycles. The minimum atomic E-state index is 0. The molecule has 0 fully saturated rings. The van der Waals surface area contributed by atoms with Crippen molar-refractivity contribution in [2.45, 2.75) is 13.8 Å². The van der Waals surface area contributed by atoms with Crippen molar-refractivity contribution in [3.8, 4) is 22.3 Å². The van der Waals surface area contributed by atoms with Gasteiger partial charge in [0, 0.05) is 0 Å². The molecule has 0 bridgehead atoms. The van der Waals surface area contributed by atoms with Gasteiger partial charge in [0.05, 0.1) is 0 Å². The van der Waals surface area contributed by atoms with E-state index in [9.17, 15) is 0 Å². The summed E-state index contributed by atoms with van der Waals surface area (Å²) in [6, 6.07) is 43.1. The summed E-state index contributed by atoms with van der Waals surface area (Å²) in [7, 11) is 0. The van der Waals surface area contributed by atoms with Gasteiger partial charge >= 0.3 is 25.8 Å². The molecule has 0 aromatic heterocycles. The first kappa shape index (κ1) is 28.2. The molecule has 0 N–H and O–H groups in total. The Labute approximate surface area is 229 Å². The molecule has 6 aromatic rings. The van der Waals surface area contributed by atoms with E-state index in [1.54, 1.807) is 0 Å². The molecule has 0 saturated heterocycles. The van der Waals surface area contributed by atoms with Crippen LogP contribution in [-0.2, 0) is 25.8 Å². The van der Waals surface area contributed by atoms with Crippen molar-refractivity contribution >= 4 is 21.5 Å². The minimum Gasteiger partial charge on any atom is -0.358 e. The second-order valence-electron chi connectivity index (χ2n) is 8.41. The van der Waals surface area contributed by atoms with E-state index in [1.165, 1.54) is 54.9 Å². The van der Waals surface area contributed by atoms with E-state index in [-0.39, 0.29) is 40.7 Å². The summed E-state index contributed by atoms with van der Waals surface area (Å²) >= 11 is 0. The molecule has 0 aliphatic rings. The van der Waals surface area contributed by atoms with Gasteiger partial charge < -0.3 is 14.9 Å². The number of aryl methyl sites for hydroxylation is 2. The van der Waals surface area contributed by atoms with Crippen LogP contribution in [0.3, 0.4) is 0 Å². The van der Waals surface area contributed by atoms with Crippen LogP contribution < -0.4 is 0 Å². The summed E-state index contributed by atoms with van der Waals surface area (Å²) in [6.07, 6.45) is 0. The predicted octanol–water partition coefficient (Wildman–Crippen LogP) is 9.97. The molecule has 0 spiro atoms. The van der Waals surface area contributed by atoms with E-state index in [1.807, 2.05) is 0 Å². The fourth-order valence-corrected chi connectivity index (χ4v) is 4.51. The number of rotatable bonds is 2. The topological polar surface area (TPSA) is 0 Å². The zero-order valence-corrected chi connectivity index (χ0v) is 24.6. The molecule has 0 nitrogen and oxygen atoms in total. The summed E-state index contributed by atoms with van der Waals surface area (Å²) in [6.45, 7) is 4.30. The smallest absolute Gasteiger partial charge is 0.358 e. The van der Waals surface area contributed by atoms with Gasteiger partial charge in [0.1, 0.15) is 0 Å². The van der Waals surface area contributed by atoms with Crippen molar-refractivity contribution in [3.05, 3.63) is 147 Å². The Hall–Kier alpha value is -3.03. The van der Waals surface area contributed by atoms with E-state index in [0.29, 0.717) is 0 Å². The molecule has 0 saturated carbocycles. The van der Waals surface area contributed by atoms with Gasteiger partial charge in [-0.25, -0.2) is 0 Å². The largest absolute Gasteiger partial charge is 4.00 e. The van der Waals surface area contributed by atoms with Crippen molar-refractivity contribution in [2.24, 2.45) is 0 Å². The summed E-state index contributed by atoms with van der Waals surface area (Å²) in [5.41, 5.74) is 7.89. The van der Waals surface area contributed by atoms with E-state index < -0.39 is 0 Å². The Kier molecular flexibility index (Phi) is 10.2. The summed E-state index contributed by atoms with van der Waals surface area (Å²) in [4.78, 5) is 0. The van der Waals surface area contributed by atoms with Gasteiger partial charge in [0.15, 0.2) is 0 Å². The second-order valence-corrected chi connectivity index (χ2v) is 8.41. The third-order valence-electron chi connectivity index (χ3n) is 5.96. The van der Waals surface area contributed by atoms with Gasteiger partial charge in [-0.3, -0.25) is 0 Å². The van der Waals surface area contributed by atoms with Gasteiger partial charge in [-0.05, 0) is 11.1 Å². The molecular weight excluding hydrogens is 587 g/mol. The Morgan fingerprint density at radius 1 is 0.457 bits per heavy atom. The van der Waals surface area contributed by atoms with Crippen LogP contribution in [0.2, 0.25) is 0 Å². The van der Waals surface area contributed by atoms with E-state index in [0.717, 1.165) is 0 Å². The minimum absolute atomic E-state index is 0. The first-order valence-corrected chi connectivity index (χ1v) is 11.1. The molecular formula is C34H32Hf. The molecule has 35 heavy (non-hydrogen) atoms. The number of hydrogen-bond acceptors (Lipinski definition) is 0. The zero-order valence-electron chi connectivity index (χ0n) is 21.0. The van der Waals surface area contributed by atoms with Crippen LogP contribution in [0.25, 0.3) is 43.8 Å². The van der Waals surface area contributed by atoms with Crippen molar-refractivity contribution in [1.29, 1.82) is 0 Å². The van der Waals surface area contributed by atoms with Crippen LogP contribution >= 0.6 is 0 Å². The molecule has 0 unspecified atom stereocenters. The maximum Gasteiger partial charge on any atom is 4.00 e. The Morgan fingerprint density at radius 2 is 0.829 bits per heavy atom. The van der Waals surface area contributed by atoms with Crippen LogP contribution in [0, 0.1) is 28.7 Å². The van der Waals surface area contributed by atoms with Crippen LogP contribution in [0.4, 0.5) is 0 Å². The number of hydrogen-bond donors (Lipinski definition) is 0.